The van der Waals surface area contributed by atoms with Gasteiger partial charge in [0.1, 0.15) is 5.76 Å². The molecule has 0 atom stereocenters. The molecule has 0 bridgehead atoms. The Morgan fingerprint density at radius 1 is 0.950 bits per heavy atom. The smallest absolute Gasteiger partial charge is 0.133 e. The number of hydrogen-bond donors (Lipinski definition) is 1. The van der Waals surface area contributed by atoms with Gasteiger partial charge in [-0.1, -0.05) is 69.9 Å². The molecule has 1 heterocycles. The highest BCUT2D eigenvalue weighted by Gasteiger charge is 1.98. The molecule has 0 amide bonds. The summed E-state index contributed by atoms with van der Waals surface area (Å²) < 4.78 is 5.03. The van der Waals surface area contributed by atoms with Gasteiger partial charge in [-0.3, -0.25) is 0 Å². The number of hydrogen-bond acceptors (Lipinski definition) is 3. The van der Waals surface area contributed by atoms with E-state index in [0.717, 1.165) is 24.5 Å². The van der Waals surface area contributed by atoms with Crippen LogP contribution >= 0.6 is 0 Å². The highest BCUT2D eigenvalue weighted by Crippen LogP contribution is 2.10. The minimum absolute atomic E-state index is 0.828. The first kappa shape index (κ1) is 17.2. The van der Waals surface area contributed by atoms with E-state index in [1.165, 1.54) is 64.2 Å². The summed E-state index contributed by atoms with van der Waals surface area (Å²) in [6.07, 6.45) is 13.9. The van der Waals surface area contributed by atoms with Crippen LogP contribution in [0.4, 0.5) is 0 Å². The van der Waals surface area contributed by atoms with Crippen molar-refractivity contribution in [2.45, 2.75) is 84.6 Å². The number of rotatable bonds is 13. The number of aromatic nitrogens is 1. The molecule has 1 N–H and O–H groups in total. The van der Waals surface area contributed by atoms with E-state index < -0.39 is 0 Å². The molecular weight excluding hydrogens is 248 g/mol. The molecule has 1 aromatic heterocycles. The topological polar surface area (TPSA) is 38.1 Å². The van der Waals surface area contributed by atoms with Gasteiger partial charge in [0.15, 0.2) is 0 Å². The lowest BCUT2D eigenvalue weighted by molar-refractivity contribution is 0.388. The van der Waals surface area contributed by atoms with E-state index in [0.29, 0.717) is 0 Å². The van der Waals surface area contributed by atoms with Crippen molar-refractivity contribution >= 4 is 0 Å². The maximum atomic E-state index is 5.03. The lowest BCUT2D eigenvalue weighted by atomic mass is 10.1. The van der Waals surface area contributed by atoms with E-state index in [1.807, 2.05) is 13.0 Å². The molecule has 0 saturated carbocycles. The highest BCUT2D eigenvalue weighted by atomic mass is 16.5. The van der Waals surface area contributed by atoms with E-state index in [4.69, 9.17) is 4.52 Å². The third-order valence-corrected chi connectivity index (χ3v) is 3.69. The minimum Gasteiger partial charge on any atom is -0.361 e. The fourth-order valence-corrected chi connectivity index (χ4v) is 2.46. The van der Waals surface area contributed by atoms with Crippen molar-refractivity contribution in [1.82, 2.24) is 10.5 Å². The summed E-state index contributed by atoms with van der Waals surface area (Å²) >= 11 is 0. The lowest BCUT2D eigenvalue weighted by Crippen LogP contribution is -2.14. The van der Waals surface area contributed by atoms with Crippen molar-refractivity contribution in [2.75, 3.05) is 6.54 Å². The summed E-state index contributed by atoms with van der Waals surface area (Å²) in [4.78, 5) is 0. The Morgan fingerprint density at radius 2 is 1.55 bits per heavy atom. The quantitative estimate of drug-likeness (QED) is 0.517. The summed E-state index contributed by atoms with van der Waals surface area (Å²) in [5.41, 5.74) is 1.01. The van der Waals surface area contributed by atoms with E-state index in [-0.39, 0.29) is 0 Å². The van der Waals surface area contributed by atoms with Crippen LogP contribution in [0.2, 0.25) is 0 Å². The average molecular weight is 280 g/mol. The van der Waals surface area contributed by atoms with Crippen LogP contribution in [0.5, 0.6) is 0 Å². The maximum absolute atomic E-state index is 5.03. The van der Waals surface area contributed by atoms with Crippen molar-refractivity contribution in [2.24, 2.45) is 0 Å². The Morgan fingerprint density at radius 3 is 2.10 bits per heavy atom. The predicted molar refractivity (Wildman–Crippen MR) is 84.8 cm³/mol. The summed E-state index contributed by atoms with van der Waals surface area (Å²) in [5.74, 6) is 0.890. The normalized spacial score (nSPS) is 11.1. The molecule has 3 nitrogen and oxygen atoms in total. The molecular formula is C17H32N2O. The first-order chi connectivity index (χ1) is 9.83. The van der Waals surface area contributed by atoms with E-state index in [9.17, 15) is 0 Å². The zero-order valence-corrected chi connectivity index (χ0v) is 13.4. The molecule has 3 heteroatoms. The summed E-state index contributed by atoms with van der Waals surface area (Å²) in [5, 5.41) is 7.38. The fourth-order valence-electron chi connectivity index (χ4n) is 2.46. The van der Waals surface area contributed by atoms with Crippen molar-refractivity contribution in [3.05, 3.63) is 17.5 Å². The van der Waals surface area contributed by atoms with E-state index >= 15 is 0 Å². The van der Waals surface area contributed by atoms with Gasteiger partial charge in [0.05, 0.1) is 5.69 Å². The molecule has 0 aromatic carbocycles. The first-order valence-corrected chi connectivity index (χ1v) is 8.46. The standard InChI is InChI=1S/C17H32N2O/c1-3-4-5-6-7-8-9-10-11-12-13-18-15-17-14-16(2)20-19-17/h14,18H,3-13,15H2,1-2H3. The molecule has 0 spiro atoms. The number of aryl methyl sites for hydroxylation is 1. The van der Waals surface area contributed by atoms with Crippen LogP contribution < -0.4 is 5.32 Å². The second kappa shape index (κ2) is 12.0. The largest absolute Gasteiger partial charge is 0.361 e. The lowest BCUT2D eigenvalue weighted by Gasteiger charge is -2.03. The number of nitrogens with zero attached hydrogens (tertiary/aromatic N) is 1. The van der Waals surface area contributed by atoms with Gasteiger partial charge in [-0.15, -0.1) is 0 Å². The summed E-state index contributed by atoms with van der Waals surface area (Å²) in [6, 6.07) is 1.99. The van der Waals surface area contributed by atoms with Crippen LogP contribution in [0.25, 0.3) is 0 Å². The van der Waals surface area contributed by atoms with Crippen LogP contribution in [0, 0.1) is 6.92 Å². The molecule has 0 aliphatic carbocycles. The molecule has 0 aliphatic rings. The SMILES string of the molecule is CCCCCCCCCCCCNCc1cc(C)on1. The molecule has 0 radical (unpaired) electrons. The Hall–Kier alpha value is -0.830. The van der Waals surface area contributed by atoms with E-state index in [2.05, 4.69) is 17.4 Å². The highest BCUT2D eigenvalue weighted by molar-refractivity contribution is 5.02. The maximum Gasteiger partial charge on any atom is 0.133 e. The second-order valence-electron chi connectivity index (χ2n) is 5.79. The van der Waals surface area contributed by atoms with Crippen LogP contribution in [-0.4, -0.2) is 11.7 Å². The monoisotopic (exact) mass is 280 g/mol. The molecule has 116 valence electrons. The molecule has 0 unspecified atom stereocenters. The van der Waals surface area contributed by atoms with Gasteiger partial charge >= 0.3 is 0 Å². The van der Waals surface area contributed by atoms with Gasteiger partial charge in [0, 0.05) is 12.6 Å². The molecule has 0 aliphatic heterocycles. The van der Waals surface area contributed by atoms with Crippen molar-refractivity contribution < 1.29 is 4.52 Å². The van der Waals surface area contributed by atoms with Gasteiger partial charge < -0.3 is 9.84 Å². The molecule has 1 rings (SSSR count). The fraction of sp³-hybridized carbons (Fsp3) is 0.824. The Kier molecular flexibility index (Phi) is 10.3. The Bertz CT molecular complexity index is 323. The van der Waals surface area contributed by atoms with Crippen LogP contribution in [-0.2, 0) is 6.54 Å². The summed E-state index contributed by atoms with van der Waals surface area (Å²) in [7, 11) is 0. The van der Waals surface area contributed by atoms with Crippen molar-refractivity contribution in [3.8, 4) is 0 Å². The van der Waals surface area contributed by atoms with Crippen LogP contribution in [0.3, 0.4) is 0 Å². The zero-order chi connectivity index (χ0) is 14.5. The van der Waals surface area contributed by atoms with Crippen LogP contribution in [0.1, 0.15) is 82.6 Å². The molecule has 0 fully saturated rings. The average Bonchev–Trinajstić information content (AvgIpc) is 2.86. The van der Waals surface area contributed by atoms with Crippen molar-refractivity contribution in [3.63, 3.8) is 0 Å². The second-order valence-corrected chi connectivity index (χ2v) is 5.79. The third kappa shape index (κ3) is 9.13. The predicted octanol–water partition coefficient (Wildman–Crippen LogP) is 4.99. The van der Waals surface area contributed by atoms with Crippen molar-refractivity contribution in [1.29, 1.82) is 0 Å². The van der Waals surface area contributed by atoms with Gasteiger partial charge in [-0.05, 0) is 19.9 Å². The number of nitrogens with one attached hydrogen (secondary N) is 1. The first-order valence-electron chi connectivity index (χ1n) is 8.46. The molecule has 20 heavy (non-hydrogen) atoms. The minimum atomic E-state index is 0.828. The van der Waals surface area contributed by atoms with Gasteiger partial charge in [0.2, 0.25) is 0 Å². The Balaban J connectivity index is 1.76. The van der Waals surface area contributed by atoms with E-state index in [1.54, 1.807) is 0 Å². The summed E-state index contributed by atoms with van der Waals surface area (Å²) in [6.45, 7) is 6.12. The van der Waals surface area contributed by atoms with Gasteiger partial charge in [0.25, 0.3) is 0 Å². The van der Waals surface area contributed by atoms with Crippen LogP contribution in [0.15, 0.2) is 10.6 Å². The molecule has 0 saturated heterocycles. The van der Waals surface area contributed by atoms with Gasteiger partial charge in [-0.2, -0.15) is 0 Å². The Labute approximate surface area is 124 Å². The molecule has 1 aromatic rings. The number of unbranched alkanes of at least 4 members (excludes halogenated alkanes) is 9. The zero-order valence-electron chi connectivity index (χ0n) is 13.4. The third-order valence-electron chi connectivity index (χ3n) is 3.69. The van der Waals surface area contributed by atoms with Gasteiger partial charge in [-0.25, -0.2) is 0 Å².